The van der Waals surface area contributed by atoms with Gasteiger partial charge in [-0.3, -0.25) is 0 Å². The fourth-order valence-corrected chi connectivity index (χ4v) is 1.50. The van der Waals surface area contributed by atoms with Crippen LogP contribution in [0.5, 0.6) is 0 Å². The van der Waals surface area contributed by atoms with Crippen LogP contribution in [0.3, 0.4) is 0 Å². The van der Waals surface area contributed by atoms with Crippen molar-refractivity contribution in [3.63, 3.8) is 0 Å². The topological polar surface area (TPSA) is 21.6 Å². The maximum absolute atomic E-state index is 5.14. The predicted octanol–water partition coefficient (Wildman–Crippen LogP) is 3.55. The van der Waals surface area contributed by atoms with Crippen LogP contribution in [0.1, 0.15) is 16.7 Å². The van der Waals surface area contributed by atoms with E-state index in [9.17, 15) is 0 Å². The highest BCUT2D eigenvalue weighted by Gasteiger charge is 1.88. The first kappa shape index (κ1) is 12.9. The first-order valence-corrected chi connectivity index (χ1v) is 6.10. The van der Waals surface area contributed by atoms with Crippen molar-refractivity contribution < 1.29 is 4.84 Å². The average molecular weight is 249 g/mol. The lowest BCUT2D eigenvalue weighted by molar-refractivity contribution is 0.132. The zero-order valence-electron chi connectivity index (χ0n) is 10.8. The van der Waals surface area contributed by atoms with E-state index in [2.05, 4.69) is 23.9 Å². The third-order valence-electron chi connectivity index (χ3n) is 2.53. The summed E-state index contributed by atoms with van der Waals surface area (Å²) in [6.45, 7) is 2.51. The van der Waals surface area contributed by atoms with Crippen LogP contribution in [0.25, 0.3) is 0 Å². The Morgan fingerprint density at radius 2 is 1.79 bits per heavy atom. The molecule has 0 heterocycles. The van der Waals surface area contributed by atoms with E-state index in [1.54, 1.807) is 0 Å². The van der Waals surface area contributed by atoms with Gasteiger partial charge in [-0.15, -0.1) is 0 Å². The molecule has 0 bridgehead atoms. The Morgan fingerprint density at radius 3 is 2.53 bits per heavy atom. The molecule has 94 valence electrons. The fraction of sp³-hybridized carbons (Fsp3) is 0.118. The van der Waals surface area contributed by atoms with Crippen LogP contribution in [-0.2, 0) is 11.4 Å². The van der Waals surface area contributed by atoms with Gasteiger partial charge in [0.05, 0.1) is 0 Å². The van der Waals surface area contributed by atoms with E-state index < -0.39 is 0 Å². The number of aryl methyl sites for hydroxylation is 1. The molecule has 2 heteroatoms. The molecule has 0 atom stereocenters. The standard InChI is InChI=1S/C17H15NO/c1-15-9-11-16(12-10-15)8-5-13-18-19-14-17-6-3-2-4-7-17/h2-4,6-7,9-13H,14H2,1H3/b18-13+. The van der Waals surface area contributed by atoms with Crippen molar-refractivity contribution in [3.05, 3.63) is 71.3 Å². The number of nitrogens with zero attached hydrogens (tertiary/aromatic N) is 1. The molecule has 2 nitrogen and oxygen atoms in total. The molecule has 0 aliphatic rings. The van der Waals surface area contributed by atoms with E-state index in [-0.39, 0.29) is 0 Å². The van der Waals surface area contributed by atoms with Gasteiger partial charge in [0.1, 0.15) is 12.8 Å². The second-order valence-electron chi connectivity index (χ2n) is 4.13. The summed E-state index contributed by atoms with van der Waals surface area (Å²) in [5.41, 5.74) is 3.29. The molecular weight excluding hydrogens is 234 g/mol. The van der Waals surface area contributed by atoms with Crippen molar-refractivity contribution in [2.45, 2.75) is 13.5 Å². The molecule has 0 aliphatic carbocycles. The molecule has 0 aromatic heterocycles. The van der Waals surface area contributed by atoms with Crippen LogP contribution in [-0.4, -0.2) is 6.21 Å². The van der Waals surface area contributed by atoms with Crippen LogP contribution in [0, 0.1) is 18.8 Å². The lowest BCUT2D eigenvalue weighted by Gasteiger charge is -1.97. The van der Waals surface area contributed by atoms with Gasteiger partial charge in [0, 0.05) is 5.56 Å². The minimum absolute atomic E-state index is 0.462. The Labute approximate surface area is 113 Å². The largest absolute Gasteiger partial charge is 0.390 e. The van der Waals surface area contributed by atoms with E-state index in [0.29, 0.717) is 6.61 Å². The Bertz CT molecular complexity index is 589. The molecule has 0 unspecified atom stereocenters. The smallest absolute Gasteiger partial charge is 0.142 e. The van der Waals surface area contributed by atoms with Gasteiger partial charge in [-0.2, -0.15) is 0 Å². The molecule has 0 N–H and O–H groups in total. The number of rotatable bonds is 3. The summed E-state index contributed by atoms with van der Waals surface area (Å²) in [6, 6.07) is 17.9. The molecule has 2 aromatic rings. The van der Waals surface area contributed by atoms with Gasteiger partial charge >= 0.3 is 0 Å². The van der Waals surface area contributed by atoms with Crippen molar-refractivity contribution in [1.29, 1.82) is 0 Å². The Morgan fingerprint density at radius 1 is 1.05 bits per heavy atom. The zero-order valence-corrected chi connectivity index (χ0v) is 10.8. The van der Waals surface area contributed by atoms with Crippen molar-refractivity contribution in [2.24, 2.45) is 5.16 Å². The molecular formula is C17H15NO. The van der Waals surface area contributed by atoms with Gasteiger partial charge in [0.2, 0.25) is 0 Å². The maximum Gasteiger partial charge on any atom is 0.142 e. The van der Waals surface area contributed by atoms with Crippen molar-refractivity contribution >= 4 is 6.21 Å². The highest BCUT2D eigenvalue weighted by atomic mass is 16.6. The van der Waals surface area contributed by atoms with Crippen LogP contribution in [0.4, 0.5) is 0 Å². The minimum Gasteiger partial charge on any atom is -0.390 e. The van der Waals surface area contributed by atoms with E-state index in [1.165, 1.54) is 11.8 Å². The highest BCUT2D eigenvalue weighted by molar-refractivity contribution is 5.78. The Hall–Kier alpha value is -2.53. The lowest BCUT2D eigenvalue weighted by atomic mass is 10.2. The molecule has 0 amide bonds. The van der Waals surface area contributed by atoms with Crippen LogP contribution in [0.2, 0.25) is 0 Å². The third-order valence-corrected chi connectivity index (χ3v) is 2.53. The molecule has 2 rings (SSSR count). The molecule has 0 radical (unpaired) electrons. The summed E-state index contributed by atoms with van der Waals surface area (Å²) in [6.07, 6.45) is 1.47. The van der Waals surface area contributed by atoms with Gasteiger partial charge in [-0.05, 0) is 30.5 Å². The van der Waals surface area contributed by atoms with E-state index in [1.807, 2.05) is 54.6 Å². The summed E-state index contributed by atoms with van der Waals surface area (Å²) in [4.78, 5) is 5.14. The van der Waals surface area contributed by atoms with Gasteiger partial charge < -0.3 is 4.84 Å². The Balaban J connectivity index is 1.80. The monoisotopic (exact) mass is 249 g/mol. The highest BCUT2D eigenvalue weighted by Crippen LogP contribution is 2.01. The average Bonchev–Trinajstić information content (AvgIpc) is 2.46. The van der Waals surface area contributed by atoms with Gasteiger partial charge in [0.25, 0.3) is 0 Å². The minimum atomic E-state index is 0.462. The van der Waals surface area contributed by atoms with E-state index >= 15 is 0 Å². The zero-order chi connectivity index (χ0) is 13.3. The van der Waals surface area contributed by atoms with Crippen LogP contribution >= 0.6 is 0 Å². The second-order valence-corrected chi connectivity index (χ2v) is 4.13. The van der Waals surface area contributed by atoms with E-state index in [4.69, 9.17) is 4.84 Å². The van der Waals surface area contributed by atoms with Crippen molar-refractivity contribution in [3.8, 4) is 11.8 Å². The molecule has 0 spiro atoms. The van der Waals surface area contributed by atoms with E-state index in [0.717, 1.165) is 11.1 Å². The first-order chi connectivity index (χ1) is 9.34. The molecule has 0 saturated heterocycles. The summed E-state index contributed by atoms with van der Waals surface area (Å²) in [7, 11) is 0. The molecule has 2 aromatic carbocycles. The maximum atomic E-state index is 5.14. The SMILES string of the molecule is Cc1ccc(C#C/C=N/OCc2ccccc2)cc1. The summed E-state index contributed by atoms with van der Waals surface area (Å²) < 4.78 is 0. The number of hydrogen-bond donors (Lipinski definition) is 0. The van der Waals surface area contributed by atoms with Gasteiger partial charge in [-0.25, -0.2) is 0 Å². The predicted molar refractivity (Wildman–Crippen MR) is 77.8 cm³/mol. The molecule has 0 saturated carbocycles. The quantitative estimate of drug-likeness (QED) is 0.463. The molecule has 0 aliphatic heterocycles. The first-order valence-electron chi connectivity index (χ1n) is 6.10. The second kappa shape index (κ2) is 7.03. The van der Waals surface area contributed by atoms with Crippen LogP contribution in [0.15, 0.2) is 59.8 Å². The summed E-state index contributed by atoms with van der Waals surface area (Å²) >= 11 is 0. The van der Waals surface area contributed by atoms with Gasteiger partial charge in [-0.1, -0.05) is 59.1 Å². The summed E-state index contributed by atoms with van der Waals surface area (Å²) in [5.74, 6) is 5.83. The van der Waals surface area contributed by atoms with Gasteiger partial charge in [0.15, 0.2) is 0 Å². The lowest BCUT2D eigenvalue weighted by Crippen LogP contribution is -1.85. The van der Waals surface area contributed by atoms with Crippen molar-refractivity contribution in [1.82, 2.24) is 0 Å². The third kappa shape index (κ3) is 4.69. The number of benzene rings is 2. The normalized spacial score (nSPS) is 9.95. The van der Waals surface area contributed by atoms with Crippen molar-refractivity contribution in [2.75, 3.05) is 0 Å². The molecule has 19 heavy (non-hydrogen) atoms. The number of oxime groups is 1. The number of hydrogen-bond acceptors (Lipinski definition) is 2. The molecule has 0 fully saturated rings. The summed E-state index contributed by atoms with van der Waals surface area (Å²) in [5, 5.41) is 3.80. The Kier molecular flexibility index (Phi) is 4.78. The van der Waals surface area contributed by atoms with Crippen LogP contribution < -0.4 is 0 Å². The fourth-order valence-electron chi connectivity index (χ4n) is 1.50.